The Bertz CT molecular complexity index is 471. The molecule has 0 bridgehead atoms. The van der Waals surface area contributed by atoms with Gasteiger partial charge in [0, 0.05) is 17.8 Å². The maximum atomic E-state index is 11.0. The molecule has 0 fully saturated rings. The minimum absolute atomic E-state index is 0.146. The molecule has 18 heavy (non-hydrogen) atoms. The van der Waals surface area contributed by atoms with E-state index in [1.54, 1.807) is 0 Å². The highest BCUT2D eigenvalue weighted by Gasteiger charge is 2.20. The number of hydrogen-bond acceptors (Lipinski definition) is 4. The van der Waals surface area contributed by atoms with Gasteiger partial charge in [0.2, 0.25) is 0 Å². The molecule has 0 radical (unpaired) electrons. The molecule has 0 aliphatic heterocycles. The standard InChI is InChI=1S/C12H16N2O4/c1-7(2)8(3)13-9-4-5-11(14(17)18)10(6-9)12(15)16/h4-8,13H,1-3H3,(H,15,16). The van der Waals surface area contributed by atoms with Gasteiger partial charge >= 0.3 is 5.97 Å². The van der Waals surface area contributed by atoms with Crippen LogP contribution in [0, 0.1) is 16.0 Å². The maximum absolute atomic E-state index is 11.0. The Morgan fingerprint density at radius 3 is 2.44 bits per heavy atom. The molecule has 0 spiro atoms. The summed E-state index contributed by atoms with van der Waals surface area (Å²) in [6.07, 6.45) is 0. The molecule has 0 aliphatic rings. The molecule has 1 rings (SSSR count). The molecule has 0 aliphatic carbocycles. The molecule has 1 unspecified atom stereocenters. The van der Waals surface area contributed by atoms with E-state index < -0.39 is 16.6 Å². The van der Waals surface area contributed by atoms with Crippen LogP contribution in [0.4, 0.5) is 11.4 Å². The zero-order valence-electron chi connectivity index (χ0n) is 10.5. The van der Waals surface area contributed by atoms with Gasteiger partial charge in [-0.05, 0) is 25.0 Å². The lowest BCUT2D eigenvalue weighted by Crippen LogP contribution is -2.21. The number of carboxylic acid groups (broad SMARTS) is 1. The van der Waals surface area contributed by atoms with Crippen LogP contribution in [0.25, 0.3) is 0 Å². The number of anilines is 1. The fourth-order valence-electron chi connectivity index (χ4n) is 1.39. The Morgan fingerprint density at radius 2 is 2.00 bits per heavy atom. The van der Waals surface area contributed by atoms with E-state index in [-0.39, 0.29) is 11.6 Å². The summed E-state index contributed by atoms with van der Waals surface area (Å²) < 4.78 is 0. The predicted octanol–water partition coefficient (Wildman–Crippen LogP) is 2.75. The summed E-state index contributed by atoms with van der Waals surface area (Å²) in [5.74, 6) is -0.934. The molecule has 1 atom stereocenters. The van der Waals surface area contributed by atoms with Crippen LogP contribution in [0.1, 0.15) is 31.1 Å². The van der Waals surface area contributed by atoms with Crippen molar-refractivity contribution in [2.45, 2.75) is 26.8 Å². The van der Waals surface area contributed by atoms with Crippen LogP contribution in [-0.4, -0.2) is 22.0 Å². The third-order valence-corrected chi connectivity index (χ3v) is 2.82. The van der Waals surface area contributed by atoms with E-state index in [0.717, 1.165) is 0 Å². The van der Waals surface area contributed by atoms with Crippen LogP contribution in [-0.2, 0) is 0 Å². The number of carboxylic acids is 1. The molecule has 0 aromatic heterocycles. The topological polar surface area (TPSA) is 92.5 Å². The van der Waals surface area contributed by atoms with Gasteiger partial charge in [0.05, 0.1) is 4.92 Å². The molecule has 0 heterocycles. The van der Waals surface area contributed by atoms with Crippen LogP contribution in [0.5, 0.6) is 0 Å². The van der Waals surface area contributed by atoms with Gasteiger partial charge in [-0.3, -0.25) is 10.1 Å². The fourth-order valence-corrected chi connectivity index (χ4v) is 1.39. The lowest BCUT2D eigenvalue weighted by Gasteiger charge is -2.18. The van der Waals surface area contributed by atoms with Crippen molar-refractivity contribution < 1.29 is 14.8 Å². The third-order valence-electron chi connectivity index (χ3n) is 2.82. The van der Waals surface area contributed by atoms with Crippen molar-refractivity contribution in [1.82, 2.24) is 0 Å². The Kier molecular flexibility index (Phi) is 4.25. The van der Waals surface area contributed by atoms with Crippen LogP contribution < -0.4 is 5.32 Å². The Labute approximate surface area is 105 Å². The summed E-state index contributed by atoms with van der Waals surface area (Å²) in [6, 6.07) is 4.16. The predicted molar refractivity (Wildman–Crippen MR) is 68.0 cm³/mol. The van der Waals surface area contributed by atoms with E-state index in [0.29, 0.717) is 11.6 Å². The van der Waals surface area contributed by atoms with Gasteiger partial charge in [-0.15, -0.1) is 0 Å². The van der Waals surface area contributed by atoms with E-state index in [9.17, 15) is 14.9 Å². The average molecular weight is 252 g/mol. The van der Waals surface area contributed by atoms with Crippen LogP contribution in [0.2, 0.25) is 0 Å². The summed E-state index contributed by atoms with van der Waals surface area (Å²) in [4.78, 5) is 21.0. The first-order valence-corrected chi connectivity index (χ1v) is 5.61. The number of benzene rings is 1. The van der Waals surface area contributed by atoms with Gasteiger partial charge in [-0.1, -0.05) is 13.8 Å². The van der Waals surface area contributed by atoms with Gasteiger partial charge in [0.1, 0.15) is 5.56 Å². The summed E-state index contributed by atoms with van der Waals surface area (Å²) >= 11 is 0. The van der Waals surface area contributed by atoms with Crippen molar-refractivity contribution >= 4 is 17.3 Å². The summed E-state index contributed by atoms with van der Waals surface area (Å²) in [5.41, 5.74) is -0.134. The number of hydrogen-bond donors (Lipinski definition) is 2. The molecule has 6 heteroatoms. The lowest BCUT2D eigenvalue weighted by atomic mass is 10.1. The summed E-state index contributed by atoms with van der Waals surface area (Å²) in [7, 11) is 0. The largest absolute Gasteiger partial charge is 0.477 e. The minimum Gasteiger partial charge on any atom is -0.477 e. The van der Waals surface area contributed by atoms with E-state index in [4.69, 9.17) is 5.11 Å². The number of nitrogens with one attached hydrogen (secondary N) is 1. The van der Waals surface area contributed by atoms with Crippen LogP contribution in [0.3, 0.4) is 0 Å². The maximum Gasteiger partial charge on any atom is 0.342 e. The zero-order valence-corrected chi connectivity index (χ0v) is 10.5. The fraction of sp³-hybridized carbons (Fsp3) is 0.417. The Morgan fingerprint density at radius 1 is 1.39 bits per heavy atom. The number of nitro groups is 1. The molecule has 1 aromatic rings. The number of nitro benzene ring substituents is 1. The van der Waals surface area contributed by atoms with Crippen molar-refractivity contribution in [1.29, 1.82) is 0 Å². The number of nitrogens with zero attached hydrogens (tertiary/aromatic N) is 1. The number of carbonyl (C=O) groups is 1. The van der Waals surface area contributed by atoms with Crippen molar-refractivity contribution in [3.05, 3.63) is 33.9 Å². The van der Waals surface area contributed by atoms with E-state index in [1.165, 1.54) is 18.2 Å². The minimum atomic E-state index is -1.30. The van der Waals surface area contributed by atoms with Crippen molar-refractivity contribution in [3.8, 4) is 0 Å². The number of aromatic carboxylic acids is 1. The van der Waals surface area contributed by atoms with Crippen molar-refractivity contribution in [2.75, 3.05) is 5.32 Å². The van der Waals surface area contributed by atoms with Gasteiger partial charge in [0.25, 0.3) is 5.69 Å². The van der Waals surface area contributed by atoms with Gasteiger partial charge in [-0.2, -0.15) is 0 Å². The third kappa shape index (κ3) is 3.19. The quantitative estimate of drug-likeness (QED) is 0.620. The zero-order chi connectivity index (χ0) is 13.9. The van der Waals surface area contributed by atoms with Crippen molar-refractivity contribution in [3.63, 3.8) is 0 Å². The smallest absolute Gasteiger partial charge is 0.342 e. The Hall–Kier alpha value is -2.11. The normalized spacial score (nSPS) is 12.2. The second-order valence-electron chi connectivity index (χ2n) is 4.47. The highest BCUT2D eigenvalue weighted by molar-refractivity contribution is 5.93. The molecule has 0 amide bonds. The van der Waals surface area contributed by atoms with E-state index >= 15 is 0 Å². The lowest BCUT2D eigenvalue weighted by molar-refractivity contribution is -0.385. The van der Waals surface area contributed by atoms with Crippen LogP contribution in [0.15, 0.2) is 18.2 Å². The van der Waals surface area contributed by atoms with Gasteiger partial charge < -0.3 is 10.4 Å². The SMILES string of the molecule is CC(C)C(C)Nc1ccc([N+](=O)[O-])c(C(=O)O)c1. The first kappa shape index (κ1) is 14.0. The van der Waals surface area contributed by atoms with Gasteiger partial charge in [0.15, 0.2) is 0 Å². The molecule has 1 aromatic carbocycles. The summed E-state index contributed by atoms with van der Waals surface area (Å²) in [5, 5.41) is 22.8. The summed E-state index contributed by atoms with van der Waals surface area (Å²) in [6.45, 7) is 6.02. The first-order valence-electron chi connectivity index (χ1n) is 5.61. The van der Waals surface area contributed by atoms with E-state index in [2.05, 4.69) is 5.32 Å². The second-order valence-corrected chi connectivity index (χ2v) is 4.47. The second kappa shape index (κ2) is 5.48. The molecule has 2 N–H and O–H groups in total. The van der Waals surface area contributed by atoms with Crippen LogP contribution >= 0.6 is 0 Å². The molecule has 0 saturated heterocycles. The highest BCUT2D eigenvalue weighted by Crippen LogP contribution is 2.23. The number of rotatable bonds is 5. The van der Waals surface area contributed by atoms with Gasteiger partial charge in [-0.25, -0.2) is 4.79 Å². The highest BCUT2D eigenvalue weighted by atomic mass is 16.6. The average Bonchev–Trinajstić information content (AvgIpc) is 2.28. The molecular formula is C12H16N2O4. The molecule has 98 valence electrons. The van der Waals surface area contributed by atoms with E-state index in [1.807, 2.05) is 20.8 Å². The van der Waals surface area contributed by atoms with Crippen molar-refractivity contribution in [2.24, 2.45) is 5.92 Å². The molecular weight excluding hydrogens is 236 g/mol. The Balaban J connectivity index is 3.08. The molecule has 6 nitrogen and oxygen atoms in total. The molecule has 0 saturated carbocycles. The monoisotopic (exact) mass is 252 g/mol. The first-order chi connectivity index (χ1) is 8.32.